The fraction of sp³-hybridized carbons (Fsp3) is 0.250. The van der Waals surface area contributed by atoms with Crippen molar-refractivity contribution in [2.24, 2.45) is 0 Å². The summed E-state index contributed by atoms with van der Waals surface area (Å²) in [6.45, 7) is 0. The average molecular weight is 225 g/mol. The standard InChI is InChI=1S/C8H8F3O2S/c1-13-14(12)7-4-2-3-6(5-7)8(9,10)11/h2-5,12H,1H3/q+1. The molecular weight excluding hydrogens is 217 g/mol. The molecule has 1 aromatic rings. The fourth-order valence-electron chi connectivity index (χ4n) is 0.877. The molecule has 1 rings (SSSR count). The summed E-state index contributed by atoms with van der Waals surface area (Å²) in [6.07, 6.45) is -4.39. The van der Waals surface area contributed by atoms with Crippen molar-refractivity contribution in [3.63, 3.8) is 0 Å². The van der Waals surface area contributed by atoms with E-state index in [0.717, 1.165) is 12.1 Å². The van der Waals surface area contributed by atoms with E-state index in [4.69, 9.17) is 4.55 Å². The van der Waals surface area contributed by atoms with Gasteiger partial charge in [-0.25, -0.2) is 0 Å². The lowest BCUT2D eigenvalue weighted by atomic mass is 10.2. The Hall–Kier alpha value is -0.720. The Morgan fingerprint density at radius 3 is 2.50 bits per heavy atom. The molecule has 0 aliphatic carbocycles. The van der Waals surface area contributed by atoms with E-state index in [1.807, 2.05) is 0 Å². The molecule has 1 N–H and O–H groups in total. The maximum atomic E-state index is 12.2. The zero-order valence-electron chi connectivity index (χ0n) is 7.21. The third kappa shape index (κ3) is 2.63. The Morgan fingerprint density at radius 1 is 1.36 bits per heavy atom. The van der Waals surface area contributed by atoms with Crippen molar-refractivity contribution >= 4 is 11.5 Å². The Kier molecular flexibility index (Phi) is 3.41. The van der Waals surface area contributed by atoms with E-state index in [1.165, 1.54) is 19.2 Å². The van der Waals surface area contributed by atoms with Gasteiger partial charge >= 0.3 is 17.6 Å². The van der Waals surface area contributed by atoms with Gasteiger partial charge in [0.05, 0.1) is 12.7 Å². The maximum absolute atomic E-state index is 12.2. The maximum Gasteiger partial charge on any atom is 0.416 e. The third-order valence-corrected chi connectivity index (χ3v) is 2.49. The fourth-order valence-corrected chi connectivity index (χ4v) is 1.49. The first-order valence-electron chi connectivity index (χ1n) is 3.60. The largest absolute Gasteiger partial charge is 0.416 e. The summed E-state index contributed by atoms with van der Waals surface area (Å²) in [6, 6.07) is 4.41. The molecule has 6 heteroatoms. The second-order valence-corrected chi connectivity index (χ2v) is 3.74. The second kappa shape index (κ2) is 4.20. The molecule has 0 amide bonds. The molecule has 0 aromatic heterocycles. The molecule has 2 nitrogen and oxygen atoms in total. The van der Waals surface area contributed by atoms with Crippen LogP contribution in [0.3, 0.4) is 0 Å². The predicted octanol–water partition coefficient (Wildman–Crippen LogP) is 2.72. The summed E-state index contributed by atoms with van der Waals surface area (Å²) < 4.78 is 50.3. The van der Waals surface area contributed by atoms with Gasteiger partial charge in [-0.2, -0.15) is 13.2 Å². The van der Waals surface area contributed by atoms with E-state index >= 15 is 0 Å². The number of hydrogen-bond donors (Lipinski definition) is 1. The van der Waals surface area contributed by atoms with Crippen LogP contribution in [0.25, 0.3) is 0 Å². The summed E-state index contributed by atoms with van der Waals surface area (Å²) in [4.78, 5) is 0.113. The van der Waals surface area contributed by atoms with Crippen molar-refractivity contribution in [3.8, 4) is 0 Å². The van der Waals surface area contributed by atoms with Crippen molar-refractivity contribution in [3.05, 3.63) is 29.8 Å². The molecular formula is C8H8F3O2S+. The zero-order valence-corrected chi connectivity index (χ0v) is 8.02. The molecule has 14 heavy (non-hydrogen) atoms. The first kappa shape index (κ1) is 11.4. The average Bonchev–Trinajstić information content (AvgIpc) is 2.15. The quantitative estimate of drug-likeness (QED) is 0.784. The lowest BCUT2D eigenvalue weighted by Gasteiger charge is -2.05. The highest BCUT2D eigenvalue weighted by molar-refractivity contribution is 7.86. The Bertz CT molecular complexity index is 314. The van der Waals surface area contributed by atoms with Crippen molar-refractivity contribution < 1.29 is 21.9 Å². The van der Waals surface area contributed by atoms with Gasteiger partial charge in [0.15, 0.2) is 0 Å². The van der Waals surface area contributed by atoms with Crippen LogP contribution in [-0.2, 0) is 21.8 Å². The summed E-state index contributed by atoms with van der Waals surface area (Å²) >= 11 is -1.59. The van der Waals surface area contributed by atoms with E-state index in [9.17, 15) is 13.2 Å². The number of halogens is 3. The molecule has 1 aromatic carbocycles. The van der Waals surface area contributed by atoms with Crippen molar-refractivity contribution in [2.75, 3.05) is 7.11 Å². The van der Waals surface area contributed by atoms with E-state index in [2.05, 4.69) is 4.18 Å². The molecule has 0 aliphatic heterocycles. The molecule has 0 radical (unpaired) electrons. The lowest BCUT2D eigenvalue weighted by molar-refractivity contribution is -0.137. The molecule has 0 spiro atoms. The Labute approximate surface area is 82.1 Å². The van der Waals surface area contributed by atoms with Gasteiger partial charge in [0.1, 0.15) is 0 Å². The number of rotatable bonds is 2. The molecule has 1 unspecified atom stereocenters. The van der Waals surface area contributed by atoms with Crippen LogP contribution in [-0.4, -0.2) is 11.7 Å². The molecule has 0 saturated carbocycles. The number of benzene rings is 1. The smallest absolute Gasteiger partial charge is 0.166 e. The van der Waals surface area contributed by atoms with Gasteiger partial charge in [-0.05, 0) is 6.07 Å². The summed E-state index contributed by atoms with van der Waals surface area (Å²) in [5.74, 6) is 0. The van der Waals surface area contributed by atoms with Crippen molar-refractivity contribution in [2.45, 2.75) is 11.1 Å². The first-order valence-corrected chi connectivity index (χ1v) is 4.71. The van der Waals surface area contributed by atoms with E-state index in [0.29, 0.717) is 0 Å². The van der Waals surface area contributed by atoms with Crippen LogP contribution in [0, 0.1) is 0 Å². The third-order valence-electron chi connectivity index (χ3n) is 1.52. The van der Waals surface area contributed by atoms with Crippen LogP contribution in [0.1, 0.15) is 5.56 Å². The monoisotopic (exact) mass is 225 g/mol. The van der Waals surface area contributed by atoms with Gasteiger partial charge in [0, 0.05) is 12.1 Å². The minimum atomic E-state index is -4.39. The van der Waals surface area contributed by atoms with Crippen LogP contribution in [0.4, 0.5) is 13.2 Å². The highest BCUT2D eigenvalue weighted by Gasteiger charge is 2.33. The molecule has 78 valence electrons. The minimum absolute atomic E-state index is 0.113. The number of hydrogen-bond acceptors (Lipinski definition) is 2. The van der Waals surface area contributed by atoms with Gasteiger partial charge in [0.25, 0.3) is 0 Å². The summed E-state index contributed by atoms with van der Waals surface area (Å²) in [7, 11) is 1.23. The highest BCUT2D eigenvalue weighted by Crippen LogP contribution is 2.30. The lowest BCUT2D eigenvalue weighted by Crippen LogP contribution is -2.08. The second-order valence-electron chi connectivity index (χ2n) is 2.44. The normalized spacial score (nSPS) is 14.1. The van der Waals surface area contributed by atoms with Crippen LogP contribution < -0.4 is 0 Å². The Morgan fingerprint density at radius 2 is 2.00 bits per heavy atom. The molecule has 1 atom stereocenters. The van der Waals surface area contributed by atoms with Crippen LogP contribution in [0.5, 0.6) is 0 Å². The van der Waals surface area contributed by atoms with Gasteiger partial charge in [0.2, 0.25) is 4.90 Å². The predicted molar refractivity (Wildman–Crippen MR) is 46.7 cm³/mol. The van der Waals surface area contributed by atoms with Crippen LogP contribution >= 0.6 is 0 Å². The summed E-state index contributed by atoms with van der Waals surface area (Å²) in [5, 5.41) is 0. The molecule has 0 heterocycles. The van der Waals surface area contributed by atoms with Gasteiger partial charge in [-0.1, -0.05) is 6.07 Å². The van der Waals surface area contributed by atoms with Crippen LogP contribution in [0.2, 0.25) is 0 Å². The van der Waals surface area contributed by atoms with Gasteiger partial charge < -0.3 is 0 Å². The first-order chi connectivity index (χ1) is 6.45. The molecule has 0 fully saturated rings. The zero-order chi connectivity index (χ0) is 10.8. The highest BCUT2D eigenvalue weighted by atomic mass is 32.2. The number of alkyl halides is 3. The molecule has 0 bridgehead atoms. The van der Waals surface area contributed by atoms with Crippen molar-refractivity contribution in [1.82, 2.24) is 0 Å². The van der Waals surface area contributed by atoms with Crippen LogP contribution in [0.15, 0.2) is 29.2 Å². The minimum Gasteiger partial charge on any atom is -0.166 e. The van der Waals surface area contributed by atoms with Gasteiger partial charge in [-0.15, -0.1) is 8.74 Å². The molecule has 0 saturated heterocycles. The SMILES string of the molecule is CO[S+](O)c1cccc(C(F)(F)F)c1. The van der Waals surface area contributed by atoms with E-state index in [1.54, 1.807) is 0 Å². The Balaban J connectivity index is 3.01. The molecule has 0 aliphatic rings. The van der Waals surface area contributed by atoms with E-state index < -0.39 is 23.2 Å². The van der Waals surface area contributed by atoms with Crippen molar-refractivity contribution in [1.29, 1.82) is 0 Å². The topological polar surface area (TPSA) is 29.5 Å². The van der Waals surface area contributed by atoms with Gasteiger partial charge in [-0.3, -0.25) is 0 Å². The van der Waals surface area contributed by atoms with E-state index in [-0.39, 0.29) is 4.90 Å². The summed E-state index contributed by atoms with van der Waals surface area (Å²) in [5.41, 5.74) is -0.793.